The number of nitrogen functional groups attached to an aromatic ring is 1. The van der Waals surface area contributed by atoms with E-state index in [9.17, 15) is 21.6 Å². The highest BCUT2D eigenvalue weighted by Gasteiger charge is 2.27. The molecule has 0 aliphatic rings. The van der Waals surface area contributed by atoms with Crippen LogP contribution in [0.4, 0.5) is 19.0 Å². The van der Waals surface area contributed by atoms with Gasteiger partial charge in [0, 0.05) is 18.5 Å². The minimum Gasteiger partial charge on any atom is -0.384 e. The number of H-pyrrole nitrogens is 1. The Morgan fingerprint density at radius 2 is 2.11 bits per heavy atom. The van der Waals surface area contributed by atoms with Crippen LogP contribution in [0.2, 0.25) is 0 Å². The van der Waals surface area contributed by atoms with Crippen molar-refractivity contribution in [3.63, 3.8) is 0 Å². The number of hydrogen-bond donors (Lipinski definition) is 3. The lowest BCUT2D eigenvalue weighted by molar-refractivity contribution is -0.134. The van der Waals surface area contributed by atoms with E-state index >= 15 is 0 Å². The molecule has 0 fully saturated rings. The molecule has 0 spiro atoms. The summed E-state index contributed by atoms with van der Waals surface area (Å²) in [6, 6.07) is 0. The number of nitrogens with two attached hydrogens (primary N) is 1. The Kier molecular flexibility index (Phi) is 4.57. The molecule has 0 aliphatic carbocycles. The Labute approximate surface area is 102 Å². The number of nitrogens with one attached hydrogen (secondary N) is 2. The predicted molar refractivity (Wildman–Crippen MR) is 58.9 cm³/mol. The molecule has 4 N–H and O–H groups in total. The summed E-state index contributed by atoms with van der Waals surface area (Å²) in [5, 5.41) is 6.00. The second kappa shape index (κ2) is 5.57. The van der Waals surface area contributed by atoms with Crippen molar-refractivity contribution in [1.29, 1.82) is 0 Å². The van der Waals surface area contributed by atoms with E-state index in [4.69, 9.17) is 5.73 Å². The molecule has 0 amide bonds. The predicted octanol–water partition coefficient (Wildman–Crippen LogP) is 0.754. The monoisotopic (exact) mass is 286 g/mol. The summed E-state index contributed by atoms with van der Waals surface area (Å²) >= 11 is 0. The van der Waals surface area contributed by atoms with Crippen LogP contribution in [0.25, 0.3) is 0 Å². The lowest BCUT2D eigenvalue weighted by Crippen LogP contribution is -2.26. The standard InChI is InChI=1S/C8H13F3N4O2S/c9-8(10,11)2-1-3-18(16,17)14-5-6-4-13-15-7(6)12/h4,14H,1-3,5H2,(H3,12,13,15). The Balaban J connectivity index is 2.39. The number of rotatable bonds is 6. The van der Waals surface area contributed by atoms with Crippen LogP contribution in [-0.2, 0) is 16.6 Å². The van der Waals surface area contributed by atoms with E-state index in [-0.39, 0.29) is 12.4 Å². The molecule has 1 aromatic rings. The highest BCUT2D eigenvalue weighted by atomic mass is 32.2. The second-order valence-corrected chi connectivity index (χ2v) is 5.59. The fourth-order valence-electron chi connectivity index (χ4n) is 1.18. The molecule has 0 saturated carbocycles. The van der Waals surface area contributed by atoms with Gasteiger partial charge in [-0.15, -0.1) is 0 Å². The lowest BCUT2D eigenvalue weighted by Gasteiger charge is -2.07. The molecular formula is C8H13F3N4O2S. The Morgan fingerprint density at radius 1 is 1.44 bits per heavy atom. The van der Waals surface area contributed by atoms with E-state index < -0.39 is 34.8 Å². The van der Waals surface area contributed by atoms with Gasteiger partial charge in [-0.3, -0.25) is 5.10 Å². The molecule has 0 radical (unpaired) electrons. The van der Waals surface area contributed by atoms with Gasteiger partial charge in [-0.05, 0) is 6.42 Å². The van der Waals surface area contributed by atoms with Crippen LogP contribution < -0.4 is 10.5 Å². The van der Waals surface area contributed by atoms with Crippen molar-refractivity contribution < 1.29 is 21.6 Å². The molecule has 1 rings (SSSR count). The van der Waals surface area contributed by atoms with Gasteiger partial charge in [0.05, 0.1) is 11.9 Å². The maximum atomic E-state index is 11.8. The first-order valence-electron chi connectivity index (χ1n) is 5.01. The summed E-state index contributed by atoms with van der Waals surface area (Å²) in [6.07, 6.45) is -4.60. The Hall–Kier alpha value is -1.29. The molecule has 0 atom stereocenters. The largest absolute Gasteiger partial charge is 0.389 e. The van der Waals surface area contributed by atoms with Gasteiger partial charge in [-0.2, -0.15) is 18.3 Å². The molecule has 0 bridgehead atoms. The van der Waals surface area contributed by atoms with Gasteiger partial charge < -0.3 is 5.73 Å². The highest BCUT2D eigenvalue weighted by Crippen LogP contribution is 2.21. The van der Waals surface area contributed by atoms with Gasteiger partial charge >= 0.3 is 6.18 Å². The van der Waals surface area contributed by atoms with Gasteiger partial charge in [-0.25, -0.2) is 13.1 Å². The van der Waals surface area contributed by atoms with E-state index in [0.29, 0.717) is 5.56 Å². The van der Waals surface area contributed by atoms with Crippen molar-refractivity contribution >= 4 is 15.8 Å². The van der Waals surface area contributed by atoms with Crippen LogP contribution in [0.15, 0.2) is 6.20 Å². The molecule has 0 saturated heterocycles. The summed E-state index contributed by atoms with van der Waals surface area (Å²) in [7, 11) is -3.74. The van der Waals surface area contributed by atoms with Crippen LogP contribution in [0.3, 0.4) is 0 Å². The van der Waals surface area contributed by atoms with E-state index in [0.717, 1.165) is 0 Å². The van der Waals surface area contributed by atoms with Gasteiger partial charge in [0.15, 0.2) is 0 Å². The van der Waals surface area contributed by atoms with Crippen LogP contribution >= 0.6 is 0 Å². The Bertz CT molecular complexity index is 483. The van der Waals surface area contributed by atoms with Crippen molar-refractivity contribution in [3.8, 4) is 0 Å². The first-order valence-corrected chi connectivity index (χ1v) is 6.67. The van der Waals surface area contributed by atoms with E-state index in [2.05, 4.69) is 14.9 Å². The minimum absolute atomic E-state index is 0.101. The number of sulfonamides is 1. The number of aromatic amines is 1. The smallest absolute Gasteiger partial charge is 0.384 e. The van der Waals surface area contributed by atoms with Crippen molar-refractivity contribution in [3.05, 3.63) is 11.8 Å². The maximum Gasteiger partial charge on any atom is 0.389 e. The number of alkyl halides is 3. The molecule has 0 aromatic carbocycles. The summed E-state index contributed by atoms with van der Waals surface area (Å²) in [5.41, 5.74) is 5.86. The quantitative estimate of drug-likeness (QED) is 0.718. The molecule has 0 unspecified atom stereocenters. The van der Waals surface area contributed by atoms with E-state index in [1.54, 1.807) is 0 Å². The first kappa shape index (κ1) is 14.8. The molecule has 6 nitrogen and oxygen atoms in total. The van der Waals surface area contributed by atoms with Gasteiger partial charge in [0.1, 0.15) is 5.82 Å². The highest BCUT2D eigenvalue weighted by molar-refractivity contribution is 7.89. The first-order chi connectivity index (χ1) is 8.20. The van der Waals surface area contributed by atoms with Gasteiger partial charge in [0.25, 0.3) is 0 Å². The second-order valence-electron chi connectivity index (χ2n) is 3.67. The number of halogens is 3. The lowest BCUT2D eigenvalue weighted by atomic mass is 10.3. The van der Waals surface area contributed by atoms with Crippen molar-refractivity contribution in [2.24, 2.45) is 0 Å². The topological polar surface area (TPSA) is 101 Å². The van der Waals surface area contributed by atoms with Gasteiger partial charge in [0.2, 0.25) is 10.0 Å². The van der Waals surface area contributed by atoms with Crippen LogP contribution in [0.5, 0.6) is 0 Å². The minimum atomic E-state index is -4.34. The zero-order chi connectivity index (χ0) is 13.8. The number of hydrogen-bond acceptors (Lipinski definition) is 4. The fraction of sp³-hybridized carbons (Fsp3) is 0.625. The summed E-state index contributed by atoms with van der Waals surface area (Å²) in [4.78, 5) is 0. The molecule has 0 aliphatic heterocycles. The molecule has 1 heterocycles. The van der Waals surface area contributed by atoms with Gasteiger partial charge in [-0.1, -0.05) is 0 Å². The zero-order valence-electron chi connectivity index (χ0n) is 9.29. The van der Waals surface area contributed by atoms with Crippen LogP contribution in [-0.4, -0.2) is 30.5 Å². The average Bonchev–Trinajstić information content (AvgIpc) is 2.59. The summed E-state index contributed by atoms with van der Waals surface area (Å²) in [6.45, 7) is -0.101. The van der Waals surface area contributed by atoms with Crippen LogP contribution in [0.1, 0.15) is 18.4 Å². The SMILES string of the molecule is Nc1[nH]ncc1CNS(=O)(=O)CCCC(F)(F)F. The summed E-state index contributed by atoms with van der Waals surface area (Å²) < 4.78 is 60.4. The average molecular weight is 286 g/mol. The maximum absolute atomic E-state index is 11.8. The van der Waals surface area contributed by atoms with Crippen LogP contribution in [0, 0.1) is 0 Å². The van der Waals surface area contributed by atoms with Crippen molar-refractivity contribution in [2.45, 2.75) is 25.6 Å². The van der Waals surface area contributed by atoms with Crippen molar-refractivity contribution in [1.82, 2.24) is 14.9 Å². The van der Waals surface area contributed by atoms with Crippen molar-refractivity contribution in [2.75, 3.05) is 11.5 Å². The number of aromatic nitrogens is 2. The third-order valence-electron chi connectivity index (χ3n) is 2.11. The molecule has 10 heteroatoms. The molecule has 104 valence electrons. The zero-order valence-corrected chi connectivity index (χ0v) is 10.1. The normalized spacial score (nSPS) is 12.8. The molecular weight excluding hydrogens is 273 g/mol. The Morgan fingerprint density at radius 3 is 2.61 bits per heavy atom. The summed E-state index contributed by atoms with van der Waals surface area (Å²) in [5.74, 6) is -0.363. The third kappa shape index (κ3) is 5.36. The molecule has 18 heavy (non-hydrogen) atoms. The van der Waals surface area contributed by atoms with E-state index in [1.807, 2.05) is 0 Å². The number of nitrogens with zero attached hydrogens (tertiary/aromatic N) is 1. The fourth-order valence-corrected chi connectivity index (χ4v) is 2.23. The number of anilines is 1. The third-order valence-corrected chi connectivity index (χ3v) is 3.52. The molecule has 1 aromatic heterocycles. The van der Waals surface area contributed by atoms with E-state index in [1.165, 1.54) is 6.20 Å².